The number of hydrogen-bond acceptors (Lipinski definition) is 2. The maximum Gasteiger partial charge on any atom is 0.0426 e. The zero-order valence-corrected chi connectivity index (χ0v) is 10.7. The van der Waals surface area contributed by atoms with E-state index in [0.29, 0.717) is 11.3 Å². The number of piperidine rings is 1. The molecule has 0 N–H and O–H groups in total. The molecule has 16 heavy (non-hydrogen) atoms. The fourth-order valence-electron chi connectivity index (χ4n) is 2.42. The van der Waals surface area contributed by atoms with E-state index < -0.39 is 0 Å². The highest BCUT2D eigenvalue weighted by Gasteiger charge is 2.23. The van der Waals surface area contributed by atoms with E-state index in [9.17, 15) is 0 Å². The Morgan fingerprint density at radius 3 is 2.69 bits per heavy atom. The molecule has 1 saturated heterocycles. The van der Waals surface area contributed by atoms with Crippen LogP contribution in [0, 0.1) is 12.8 Å². The van der Waals surface area contributed by atoms with Crippen LogP contribution in [0.25, 0.3) is 0 Å². The van der Waals surface area contributed by atoms with Crippen LogP contribution >= 0.6 is 11.6 Å². The summed E-state index contributed by atoms with van der Waals surface area (Å²) in [6, 6.07) is 2.11. The molecule has 1 aromatic rings. The van der Waals surface area contributed by atoms with Gasteiger partial charge in [0, 0.05) is 36.5 Å². The third-order valence-corrected chi connectivity index (χ3v) is 3.88. The van der Waals surface area contributed by atoms with Crippen LogP contribution in [-0.4, -0.2) is 23.5 Å². The number of aromatic nitrogens is 1. The van der Waals surface area contributed by atoms with Crippen molar-refractivity contribution >= 4 is 17.3 Å². The maximum absolute atomic E-state index is 6.15. The molecule has 0 bridgehead atoms. The smallest absolute Gasteiger partial charge is 0.0426 e. The Bertz CT molecular complexity index is 344. The van der Waals surface area contributed by atoms with Gasteiger partial charge in [0.05, 0.1) is 0 Å². The molecule has 3 heteroatoms. The summed E-state index contributed by atoms with van der Waals surface area (Å²) in [6.07, 6.45) is 6.21. The van der Waals surface area contributed by atoms with E-state index in [2.05, 4.69) is 29.8 Å². The van der Waals surface area contributed by atoms with E-state index in [4.69, 9.17) is 11.6 Å². The Labute approximate surface area is 103 Å². The Kier molecular flexibility index (Phi) is 3.70. The van der Waals surface area contributed by atoms with Crippen LogP contribution in [0.15, 0.2) is 18.5 Å². The summed E-state index contributed by atoms with van der Waals surface area (Å²) in [5.74, 6) is 0.681. The number of halogens is 1. The number of nitrogens with zero attached hydrogens (tertiary/aromatic N) is 2. The van der Waals surface area contributed by atoms with Gasteiger partial charge in [0.15, 0.2) is 0 Å². The Hall–Kier alpha value is -0.760. The molecular weight excluding hydrogens is 220 g/mol. The van der Waals surface area contributed by atoms with Gasteiger partial charge >= 0.3 is 0 Å². The van der Waals surface area contributed by atoms with Gasteiger partial charge in [0.2, 0.25) is 0 Å². The predicted molar refractivity (Wildman–Crippen MR) is 69.2 cm³/mol. The molecule has 2 heterocycles. The molecular formula is C13H19ClN2. The summed E-state index contributed by atoms with van der Waals surface area (Å²) in [5, 5.41) is 0.306. The molecule has 88 valence electrons. The van der Waals surface area contributed by atoms with E-state index >= 15 is 0 Å². The average Bonchev–Trinajstić information content (AvgIpc) is 2.30. The Morgan fingerprint density at radius 2 is 2.12 bits per heavy atom. The topological polar surface area (TPSA) is 16.1 Å². The SMILES string of the molecule is Cc1cnccc1N1CCC(C(C)Cl)CC1. The van der Waals surface area contributed by atoms with Crippen molar-refractivity contribution < 1.29 is 0 Å². The lowest BCUT2D eigenvalue weighted by Gasteiger charge is -2.35. The Balaban J connectivity index is 2.02. The molecule has 2 nitrogen and oxygen atoms in total. The third-order valence-electron chi connectivity index (χ3n) is 3.52. The maximum atomic E-state index is 6.15. The van der Waals surface area contributed by atoms with E-state index in [1.54, 1.807) is 0 Å². The van der Waals surface area contributed by atoms with Crippen molar-refractivity contribution in [2.45, 2.75) is 32.1 Å². The highest BCUT2D eigenvalue weighted by molar-refractivity contribution is 6.20. The molecule has 1 aromatic heterocycles. The number of alkyl halides is 1. The van der Waals surface area contributed by atoms with Crippen LogP contribution in [-0.2, 0) is 0 Å². The zero-order valence-electron chi connectivity index (χ0n) is 9.99. The second-order valence-corrected chi connectivity index (χ2v) is 5.35. The lowest BCUT2D eigenvalue weighted by atomic mass is 9.93. The lowest BCUT2D eigenvalue weighted by Crippen LogP contribution is -2.36. The van der Waals surface area contributed by atoms with Gasteiger partial charge in [-0.3, -0.25) is 4.98 Å². The van der Waals surface area contributed by atoms with Crippen molar-refractivity contribution in [2.24, 2.45) is 5.92 Å². The van der Waals surface area contributed by atoms with E-state index in [0.717, 1.165) is 13.1 Å². The Morgan fingerprint density at radius 1 is 1.44 bits per heavy atom. The standard InChI is InChI=1S/C13H19ClN2/c1-10-9-15-6-3-13(10)16-7-4-12(5-8-16)11(2)14/h3,6,9,11-12H,4-5,7-8H2,1-2H3. The van der Waals surface area contributed by atoms with Crippen molar-refractivity contribution in [1.82, 2.24) is 4.98 Å². The van der Waals surface area contributed by atoms with Gasteiger partial charge in [-0.05, 0) is 44.2 Å². The molecule has 0 radical (unpaired) electrons. The van der Waals surface area contributed by atoms with Crippen LogP contribution in [0.3, 0.4) is 0 Å². The van der Waals surface area contributed by atoms with Crippen LogP contribution in [0.5, 0.6) is 0 Å². The van der Waals surface area contributed by atoms with Gasteiger partial charge in [-0.15, -0.1) is 11.6 Å². The molecule has 0 spiro atoms. The summed E-state index contributed by atoms with van der Waals surface area (Å²) in [5.41, 5.74) is 2.59. The number of hydrogen-bond donors (Lipinski definition) is 0. The first-order valence-electron chi connectivity index (χ1n) is 5.98. The minimum absolute atomic E-state index is 0.306. The number of aryl methyl sites for hydroxylation is 1. The number of rotatable bonds is 2. The first kappa shape index (κ1) is 11.7. The van der Waals surface area contributed by atoms with E-state index in [-0.39, 0.29) is 0 Å². The van der Waals surface area contributed by atoms with Gasteiger partial charge in [0.1, 0.15) is 0 Å². The van der Waals surface area contributed by atoms with Gasteiger partial charge in [-0.1, -0.05) is 0 Å². The molecule has 0 amide bonds. The summed E-state index contributed by atoms with van der Waals surface area (Å²) >= 11 is 6.15. The van der Waals surface area contributed by atoms with Gasteiger partial charge in [-0.2, -0.15) is 0 Å². The lowest BCUT2D eigenvalue weighted by molar-refractivity contribution is 0.400. The highest BCUT2D eigenvalue weighted by Crippen LogP contribution is 2.28. The number of pyridine rings is 1. The molecule has 1 aliphatic heterocycles. The zero-order chi connectivity index (χ0) is 11.5. The highest BCUT2D eigenvalue weighted by atomic mass is 35.5. The minimum Gasteiger partial charge on any atom is -0.371 e. The first-order chi connectivity index (χ1) is 7.68. The van der Waals surface area contributed by atoms with Crippen LogP contribution in [0.2, 0.25) is 0 Å². The molecule has 1 atom stereocenters. The molecule has 0 aromatic carbocycles. The second kappa shape index (κ2) is 5.05. The van der Waals surface area contributed by atoms with Crippen LogP contribution in [0.1, 0.15) is 25.3 Å². The van der Waals surface area contributed by atoms with Crippen molar-refractivity contribution in [3.8, 4) is 0 Å². The fraction of sp³-hybridized carbons (Fsp3) is 0.615. The van der Waals surface area contributed by atoms with E-state index in [1.807, 2.05) is 12.4 Å². The summed E-state index contributed by atoms with van der Waals surface area (Å²) in [6.45, 7) is 6.47. The first-order valence-corrected chi connectivity index (χ1v) is 6.41. The van der Waals surface area contributed by atoms with Gasteiger partial charge < -0.3 is 4.90 Å². The normalized spacial score (nSPS) is 19.8. The monoisotopic (exact) mass is 238 g/mol. The predicted octanol–water partition coefficient (Wildman–Crippen LogP) is 3.23. The van der Waals surface area contributed by atoms with Crippen molar-refractivity contribution in [3.05, 3.63) is 24.0 Å². The molecule has 1 unspecified atom stereocenters. The second-order valence-electron chi connectivity index (χ2n) is 4.66. The molecule has 1 aliphatic rings. The molecule has 0 aliphatic carbocycles. The van der Waals surface area contributed by atoms with E-state index in [1.165, 1.54) is 24.1 Å². The fourth-order valence-corrected chi connectivity index (χ4v) is 2.67. The molecule has 2 rings (SSSR count). The quantitative estimate of drug-likeness (QED) is 0.736. The molecule has 1 fully saturated rings. The van der Waals surface area contributed by atoms with Crippen molar-refractivity contribution in [2.75, 3.05) is 18.0 Å². The van der Waals surface area contributed by atoms with Crippen LogP contribution < -0.4 is 4.90 Å². The summed E-state index contributed by atoms with van der Waals surface area (Å²) < 4.78 is 0. The largest absolute Gasteiger partial charge is 0.371 e. The van der Waals surface area contributed by atoms with Gasteiger partial charge in [-0.25, -0.2) is 0 Å². The summed E-state index contributed by atoms with van der Waals surface area (Å²) in [4.78, 5) is 6.59. The van der Waals surface area contributed by atoms with Crippen LogP contribution in [0.4, 0.5) is 5.69 Å². The number of anilines is 1. The molecule has 0 saturated carbocycles. The van der Waals surface area contributed by atoms with Gasteiger partial charge in [0.25, 0.3) is 0 Å². The summed E-state index contributed by atoms with van der Waals surface area (Å²) in [7, 11) is 0. The minimum atomic E-state index is 0.306. The average molecular weight is 239 g/mol. The third kappa shape index (κ3) is 2.49. The van der Waals surface area contributed by atoms with Crippen molar-refractivity contribution in [3.63, 3.8) is 0 Å². The van der Waals surface area contributed by atoms with Crippen molar-refractivity contribution in [1.29, 1.82) is 0 Å².